The summed E-state index contributed by atoms with van der Waals surface area (Å²) in [5.41, 5.74) is -2.24. The van der Waals surface area contributed by atoms with Crippen LogP contribution in [0, 0.1) is 68.0 Å². The van der Waals surface area contributed by atoms with Gasteiger partial charge in [0, 0.05) is 17.8 Å². The van der Waals surface area contributed by atoms with Crippen LogP contribution in [0.5, 0.6) is 0 Å². The van der Waals surface area contributed by atoms with Crippen LogP contribution >= 0.6 is 0 Å². The predicted molar refractivity (Wildman–Crippen MR) is 80.4 cm³/mol. The Balaban J connectivity index is 2.18. The first-order valence-electron chi connectivity index (χ1n) is 7.57. The number of hydrogen-bond donors (Lipinski definition) is 0. The highest BCUT2D eigenvalue weighted by molar-refractivity contribution is 5.96. The Bertz CT molecular complexity index is 950. The zero-order valence-corrected chi connectivity index (χ0v) is 12.5. The lowest BCUT2D eigenvalue weighted by Crippen LogP contribution is -2.39. The molecule has 0 aromatic heterocycles. The van der Waals surface area contributed by atoms with Crippen LogP contribution < -0.4 is 0 Å². The average Bonchev–Trinajstić information content (AvgIpc) is 2.90. The van der Waals surface area contributed by atoms with Crippen molar-refractivity contribution in [1.82, 2.24) is 0 Å². The molecule has 0 N–H and O–H groups in total. The smallest absolute Gasteiger partial charge is 0.183 e. The van der Waals surface area contributed by atoms with Crippen LogP contribution in [0.4, 0.5) is 0 Å². The van der Waals surface area contributed by atoms with Gasteiger partial charge in [0.15, 0.2) is 10.8 Å². The highest BCUT2D eigenvalue weighted by atomic mass is 16.1. The van der Waals surface area contributed by atoms with E-state index in [1.54, 1.807) is 24.3 Å². The summed E-state index contributed by atoms with van der Waals surface area (Å²) < 4.78 is 0. The van der Waals surface area contributed by atoms with Crippen LogP contribution in [0.15, 0.2) is 36.4 Å². The largest absolute Gasteiger partial charge is 0.298 e. The Hall–Kier alpha value is -3.41. The number of nitrogens with zero attached hydrogens (tertiary/aromatic N) is 4. The zero-order chi connectivity index (χ0) is 17.1. The molecule has 5 heteroatoms. The Kier molecular flexibility index (Phi) is 2.56. The number of ketones is 1. The Morgan fingerprint density at radius 2 is 1.42 bits per heavy atom. The molecule has 4 rings (SSSR count). The monoisotopic (exact) mass is 310 g/mol. The zero-order valence-electron chi connectivity index (χ0n) is 12.5. The van der Waals surface area contributed by atoms with Crippen LogP contribution in [0.3, 0.4) is 0 Å². The van der Waals surface area contributed by atoms with E-state index in [0.29, 0.717) is 0 Å². The third kappa shape index (κ3) is 1.19. The van der Waals surface area contributed by atoms with Gasteiger partial charge >= 0.3 is 0 Å². The minimum absolute atomic E-state index is 0.103. The van der Waals surface area contributed by atoms with Crippen molar-refractivity contribution >= 4 is 5.78 Å². The summed E-state index contributed by atoms with van der Waals surface area (Å²) >= 11 is 0. The van der Waals surface area contributed by atoms with Gasteiger partial charge in [-0.05, 0) is 11.1 Å². The number of nitriles is 4. The van der Waals surface area contributed by atoms with Gasteiger partial charge in [0.1, 0.15) is 5.78 Å². The van der Waals surface area contributed by atoms with Gasteiger partial charge in [-0.3, -0.25) is 4.79 Å². The third-order valence-electron chi connectivity index (χ3n) is 5.85. The first kappa shape index (κ1) is 14.2. The molecule has 3 aliphatic carbocycles. The molecule has 2 bridgehead atoms. The molecule has 5 nitrogen and oxygen atoms in total. The van der Waals surface area contributed by atoms with Crippen molar-refractivity contribution in [2.24, 2.45) is 22.7 Å². The summed E-state index contributed by atoms with van der Waals surface area (Å²) in [5.74, 6) is -2.72. The van der Waals surface area contributed by atoms with Gasteiger partial charge in [-0.2, -0.15) is 21.0 Å². The number of Topliss-reactive ketones (excluding diaryl/α,β-unsaturated/α-hetero) is 1. The number of fused-ring (bicyclic) bond motifs is 4. The Labute approximate surface area is 138 Å². The fourth-order valence-electron chi connectivity index (χ4n) is 4.84. The average molecular weight is 310 g/mol. The van der Waals surface area contributed by atoms with Crippen LogP contribution in [0.1, 0.15) is 23.0 Å². The van der Waals surface area contributed by atoms with Crippen LogP contribution in [-0.4, -0.2) is 5.78 Å². The molecule has 0 spiro atoms. The van der Waals surface area contributed by atoms with Gasteiger partial charge in [0.25, 0.3) is 0 Å². The van der Waals surface area contributed by atoms with Crippen LogP contribution in [0.25, 0.3) is 0 Å². The lowest BCUT2D eigenvalue weighted by Gasteiger charge is -2.37. The van der Waals surface area contributed by atoms with Gasteiger partial charge in [-0.15, -0.1) is 0 Å². The molecule has 1 aromatic rings. The quantitative estimate of drug-likeness (QED) is 0.682. The second-order valence-electron chi connectivity index (χ2n) is 6.49. The fraction of sp³-hybridized carbons (Fsp3) is 0.316. The number of rotatable bonds is 0. The second-order valence-corrected chi connectivity index (χ2v) is 6.49. The molecule has 0 heterocycles. The molecule has 1 aromatic carbocycles. The molecular formula is C19H10N4O. The highest BCUT2D eigenvalue weighted by Gasteiger charge is 2.75. The van der Waals surface area contributed by atoms with E-state index in [2.05, 4.69) is 0 Å². The van der Waals surface area contributed by atoms with Gasteiger partial charge < -0.3 is 0 Å². The number of hydrogen-bond acceptors (Lipinski definition) is 5. The van der Waals surface area contributed by atoms with E-state index >= 15 is 0 Å². The van der Waals surface area contributed by atoms with Crippen molar-refractivity contribution < 1.29 is 4.79 Å². The second kappa shape index (κ2) is 4.32. The van der Waals surface area contributed by atoms with E-state index < -0.39 is 34.5 Å². The maximum absolute atomic E-state index is 13.0. The number of carbonyl (C=O) groups excluding carboxylic acids is 1. The molecule has 0 amide bonds. The summed E-state index contributed by atoms with van der Waals surface area (Å²) in [6.07, 6.45) is 3.41. The van der Waals surface area contributed by atoms with Crippen molar-refractivity contribution in [2.75, 3.05) is 0 Å². The van der Waals surface area contributed by atoms with E-state index in [1.165, 1.54) is 0 Å². The van der Waals surface area contributed by atoms with Crippen LogP contribution in [-0.2, 0) is 4.79 Å². The Morgan fingerprint density at radius 1 is 0.833 bits per heavy atom. The minimum atomic E-state index is -1.88. The van der Waals surface area contributed by atoms with Crippen molar-refractivity contribution in [1.29, 1.82) is 21.0 Å². The van der Waals surface area contributed by atoms with Crippen molar-refractivity contribution in [3.8, 4) is 24.3 Å². The maximum atomic E-state index is 13.0. The van der Waals surface area contributed by atoms with Crippen molar-refractivity contribution in [2.45, 2.75) is 11.8 Å². The summed E-state index contributed by atoms with van der Waals surface area (Å²) in [6, 6.07) is 15.1. The third-order valence-corrected chi connectivity index (χ3v) is 5.85. The standard InChI is InChI=1S/C19H10N4O/c20-7-18(8-21)14-6-5-13-11-3-1-2-4-12(11)16(15(14)17(13)24)19(18,9-22)10-23/h1-6,13-16H/t13-,14-,15-,16+/m1/s1. The fourth-order valence-corrected chi connectivity index (χ4v) is 4.84. The van der Waals surface area contributed by atoms with E-state index in [9.17, 15) is 25.8 Å². The molecule has 1 saturated carbocycles. The van der Waals surface area contributed by atoms with E-state index in [1.807, 2.05) is 36.4 Å². The van der Waals surface area contributed by atoms with Crippen molar-refractivity contribution in [3.63, 3.8) is 0 Å². The molecule has 3 aliphatic rings. The summed E-state index contributed by atoms with van der Waals surface area (Å²) in [6.45, 7) is 0. The summed E-state index contributed by atoms with van der Waals surface area (Å²) in [5, 5.41) is 39.4. The molecule has 24 heavy (non-hydrogen) atoms. The molecule has 0 aliphatic heterocycles. The molecule has 0 unspecified atom stereocenters. The topological polar surface area (TPSA) is 112 Å². The Morgan fingerprint density at radius 3 is 2.00 bits per heavy atom. The van der Waals surface area contributed by atoms with Gasteiger partial charge in [-0.1, -0.05) is 36.4 Å². The van der Waals surface area contributed by atoms with E-state index in [4.69, 9.17) is 0 Å². The molecular weight excluding hydrogens is 300 g/mol. The van der Waals surface area contributed by atoms with E-state index in [-0.39, 0.29) is 5.78 Å². The summed E-state index contributed by atoms with van der Waals surface area (Å²) in [4.78, 5) is 13.0. The molecule has 0 radical (unpaired) electrons. The number of benzene rings is 1. The van der Waals surface area contributed by atoms with Crippen LogP contribution in [0.2, 0.25) is 0 Å². The van der Waals surface area contributed by atoms with E-state index in [0.717, 1.165) is 11.1 Å². The first-order chi connectivity index (χ1) is 11.6. The molecule has 1 fully saturated rings. The predicted octanol–water partition coefficient (Wildman–Crippen LogP) is 2.32. The number of allylic oxidation sites excluding steroid dienone is 2. The number of carbonyl (C=O) groups is 1. The molecule has 4 atom stereocenters. The normalized spacial score (nSPS) is 32.6. The van der Waals surface area contributed by atoms with Gasteiger partial charge in [0.05, 0.1) is 30.2 Å². The lowest BCUT2D eigenvalue weighted by molar-refractivity contribution is -0.125. The first-order valence-corrected chi connectivity index (χ1v) is 7.57. The van der Waals surface area contributed by atoms with Crippen molar-refractivity contribution in [3.05, 3.63) is 47.5 Å². The SMILES string of the molecule is N#CC1(C#N)[C@@H]2C=C[C@H]3C(=O)[C@H]2[C@H](c2ccccc23)C1(C#N)C#N. The minimum Gasteiger partial charge on any atom is -0.298 e. The molecule has 112 valence electrons. The molecule has 0 saturated heterocycles. The lowest BCUT2D eigenvalue weighted by atomic mass is 9.60. The maximum Gasteiger partial charge on any atom is 0.183 e. The van der Waals surface area contributed by atoms with Gasteiger partial charge in [-0.25, -0.2) is 0 Å². The summed E-state index contributed by atoms with van der Waals surface area (Å²) in [7, 11) is 0. The highest BCUT2D eigenvalue weighted by Crippen LogP contribution is 2.69. The van der Waals surface area contributed by atoms with Gasteiger partial charge in [0.2, 0.25) is 0 Å².